The van der Waals surface area contributed by atoms with Gasteiger partial charge in [-0.15, -0.1) is 0 Å². The Morgan fingerprint density at radius 3 is 2.33 bits per heavy atom. The second kappa shape index (κ2) is 7.33. The van der Waals surface area contributed by atoms with E-state index in [1.165, 1.54) is 5.56 Å². The summed E-state index contributed by atoms with van der Waals surface area (Å²) in [5, 5.41) is 6.80. The summed E-state index contributed by atoms with van der Waals surface area (Å²) in [6.07, 6.45) is 0. The van der Waals surface area contributed by atoms with E-state index in [1.807, 2.05) is 50.2 Å². The SMILES string of the molecule is Cc1ccc(Sc2c(C)nn([S@@](=O)c3ccc4ccccc4c3)c2C)cc1. The summed E-state index contributed by atoms with van der Waals surface area (Å²) in [4.78, 5) is 2.97. The zero-order valence-electron chi connectivity index (χ0n) is 15.5. The predicted molar refractivity (Wildman–Crippen MR) is 113 cm³/mol. The van der Waals surface area contributed by atoms with Crippen LogP contribution in [0.1, 0.15) is 17.0 Å². The minimum Gasteiger partial charge on any atom is -0.229 e. The van der Waals surface area contributed by atoms with Gasteiger partial charge in [0, 0.05) is 4.90 Å². The van der Waals surface area contributed by atoms with Crippen molar-refractivity contribution < 1.29 is 4.21 Å². The molecule has 0 spiro atoms. The number of rotatable bonds is 4. The number of aromatic nitrogens is 2. The quantitative estimate of drug-likeness (QED) is 0.448. The Morgan fingerprint density at radius 2 is 1.59 bits per heavy atom. The Morgan fingerprint density at radius 1 is 0.889 bits per heavy atom. The molecule has 0 saturated heterocycles. The van der Waals surface area contributed by atoms with E-state index in [4.69, 9.17) is 0 Å². The number of nitrogens with zero attached hydrogens (tertiary/aromatic N) is 2. The zero-order chi connectivity index (χ0) is 19.0. The molecule has 3 aromatic carbocycles. The van der Waals surface area contributed by atoms with Crippen molar-refractivity contribution in [1.29, 1.82) is 0 Å². The summed E-state index contributed by atoms with van der Waals surface area (Å²) in [6.45, 7) is 6.03. The van der Waals surface area contributed by atoms with Gasteiger partial charge in [-0.1, -0.05) is 59.8 Å². The first-order valence-electron chi connectivity index (χ1n) is 8.75. The highest BCUT2D eigenvalue weighted by molar-refractivity contribution is 7.99. The van der Waals surface area contributed by atoms with E-state index < -0.39 is 11.0 Å². The lowest BCUT2D eigenvalue weighted by atomic mass is 10.1. The fourth-order valence-corrected chi connectivity index (χ4v) is 5.15. The zero-order valence-corrected chi connectivity index (χ0v) is 17.1. The van der Waals surface area contributed by atoms with Crippen LogP contribution < -0.4 is 0 Å². The first-order chi connectivity index (χ1) is 13.0. The maximum Gasteiger partial charge on any atom is 0.173 e. The summed E-state index contributed by atoms with van der Waals surface area (Å²) >= 11 is 1.67. The van der Waals surface area contributed by atoms with Gasteiger partial charge >= 0.3 is 0 Å². The fourth-order valence-electron chi connectivity index (χ4n) is 3.01. The maximum atomic E-state index is 13.2. The van der Waals surface area contributed by atoms with Gasteiger partial charge in [0.2, 0.25) is 0 Å². The first-order valence-corrected chi connectivity index (χ1v) is 10.7. The van der Waals surface area contributed by atoms with Gasteiger partial charge in [-0.3, -0.25) is 0 Å². The third-order valence-corrected chi connectivity index (χ3v) is 7.14. The number of benzene rings is 3. The summed E-state index contributed by atoms with van der Waals surface area (Å²) in [6, 6.07) is 22.4. The van der Waals surface area contributed by atoms with Crippen LogP contribution in [0.3, 0.4) is 0 Å². The van der Waals surface area contributed by atoms with Crippen LogP contribution in [0.25, 0.3) is 10.8 Å². The highest BCUT2D eigenvalue weighted by atomic mass is 32.2. The number of hydrogen-bond acceptors (Lipinski definition) is 3. The summed E-state index contributed by atoms with van der Waals surface area (Å²) in [5.41, 5.74) is 3.05. The van der Waals surface area contributed by atoms with Crippen molar-refractivity contribution >= 4 is 33.5 Å². The normalized spacial score (nSPS) is 12.4. The minimum absolute atomic E-state index is 0.756. The number of hydrogen-bond donors (Lipinski definition) is 0. The van der Waals surface area contributed by atoms with Gasteiger partial charge in [0.05, 0.1) is 21.2 Å². The van der Waals surface area contributed by atoms with E-state index in [0.717, 1.165) is 36.8 Å². The Balaban J connectivity index is 1.68. The van der Waals surface area contributed by atoms with Crippen molar-refractivity contribution in [1.82, 2.24) is 9.19 Å². The van der Waals surface area contributed by atoms with Crippen LogP contribution in [0.4, 0.5) is 0 Å². The van der Waals surface area contributed by atoms with Gasteiger partial charge < -0.3 is 0 Å². The lowest BCUT2D eigenvalue weighted by molar-refractivity contribution is 0.668. The van der Waals surface area contributed by atoms with Gasteiger partial charge in [-0.25, -0.2) is 4.21 Å². The lowest BCUT2D eigenvalue weighted by Crippen LogP contribution is -2.08. The molecule has 0 aliphatic rings. The molecule has 3 nitrogen and oxygen atoms in total. The molecule has 0 radical (unpaired) electrons. The molecule has 0 unspecified atom stereocenters. The van der Waals surface area contributed by atoms with Gasteiger partial charge in [0.1, 0.15) is 0 Å². The molecule has 0 fully saturated rings. The van der Waals surface area contributed by atoms with Crippen molar-refractivity contribution in [2.24, 2.45) is 0 Å². The average Bonchev–Trinajstić information content (AvgIpc) is 2.97. The molecule has 0 saturated carbocycles. The Kier molecular flexibility index (Phi) is 4.89. The van der Waals surface area contributed by atoms with Gasteiger partial charge in [0.15, 0.2) is 11.0 Å². The molecule has 1 heterocycles. The Bertz CT molecular complexity index is 1150. The van der Waals surface area contributed by atoms with Crippen molar-refractivity contribution in [3.05, 3.63) is 83.7 Å². The summed E-state index contributed by atoms with van der Waals surface area (Å²) < 4.78 is 14.8. The molecule has 27 heavy (non-hydrogen) atoms. The van der Waals surface area contributed by atoms with E-state index in [0.29, 0.717) is 0 Å². The second-order valence-corrected chi connectivity index (χ2v) is 8.95. The molecule has 0 aliphatic heterocycles. The monoisotopic (exact) mass is 392 g/mol. The Labute approximate surface area is 166 Å². The third-order valence-electron chi connectivity index (χ3n) is 4.51. The van der Waals surface area contributed by atoms with Crippen molar-refractivity contribution in [2.45, 2.75) is 35.5 Å². The maximum absolute atomic E-state index is 13.2. The van der Waals surface area contributed by atoms with Crippen molar-refractivity contribution in [3.8, 4) is 0 Å². The fraction of sp³-hybridized carbons (Fsp3) is 0.136. The highest BCUT2D eigenvalue weighted by Crippen LogP contribution is 2.33. The van der Waals surface area contributed by atoms with Crippen LogP contribution in [0.15, 0.2) is 81.4 Å². The van der Waals surface area contributed by atoms with E-state index in [-0.39, 0.29) is 0 Å². The van der Waals surface area contributed by atoms with Crippen LogP contribution in [0, 0.1) is 20.8 Å². The topological polar surface area (TPSA) is 34.9 Å². The van der Waals surface area contributed by atoms with Crippen LogP contribution >= 0.6 is 11.8 Å². The number of aryl methyl sites for hydroxylation is 2. The lowest BCUT2D eigenvalue weighted by Gasteiger charge is -2.07. The van der Waals surface area contributed by atoms with Crippen molar-refractivity contribution in [2.75, 3.05) is 0 Å². The Hall–Kier alpha value is -2.37. The second-order valence-electron chi connectivity index (χ2n) is 6.55. The molecule has 4 rings (SSSR count). The molecule has 0 amide bonds. The van der Waals surface area contributed by atoms with Crippen molar-refractivity contribution in [3.63, 3.8) is 0 Å². The molecule has 5 heteroatoms. The smallest absolute Gasteiger partial charge is 0.173 e. The largest absolute Gasteiger partial charge is 0.229 e. The van der Waals surface area contributed by atoms with Crippen LogP contribution in [0.2, 0.25) is 0 Å². The highest BCUT2D eigenvalue weighted by Gasteiger charge is 2.18. The van der Waals surface area contributed by atoms with Gasteiger partial charge in [-0.2, -0.15) is 9.19 Å². The van der Waals surface area contributed by atoms with E-state index in [9.17, 15) is 4.21 Å². The van der Waals surface area contributed by atoms with Gasteiger partial charge in [-0.05, 0) is 55.8 Å². The molecule has 0 bridgehead atoms. The molecular formula is C22H20N2OS2. The van der Waals surface area contributed by atoms with E-state index in [1.54, 1.807) is 15.8 Å². The summed E-state index contributed by atoms with van der Waals surface area (Å²) in [5.74, 6) is 0. The standard InChI is InChI=1S/C22H20N2OS2/c1-15-8-11-20(12-9-15)26-22-16(2)23-24(17(22)3)27(25)21-13-10-18-6-4-5-7-19(18)14-21/h4-14H,1-3H3/t27-/m0/s1. The van der Waals surface area contributed by atoms with Crippen LogP contribution in [-0.2, 0) is 11.0 Å². The average molecular weight is 393 g/mol. The van der Waals surface area contributed by atoms with E-state index in [2.05, 4.69) is 42.4 Å². The molecule has 4 aromatic rings. The first kappa shape index (κ1) is 18.0. The van der Waals surface area contributed by atoms with Crippen LogP contribution in [-0.4, -0.2) is 13.4 Å². The molecule has 0 aliphatic carbocycles. The van der Waals surface area contributed by atoms with E-state index >= 15 is 0 Å². The van der Waals surface area contributed by atoms with Gasteiger partial charge in [0.25, 0.3) is 0 Å². The predicted octanol–water partition coefficient (Wildman–Crippen LogP) is 5.68. The molecule has 0 N–H and O–H groups in total. The third kappa shape index (κ3) is 3.57. The minimum atomic E-state index is -1.37. The summed E-state index contributed by atoms with van der Waals surface area (Å²) in [7, 11) is -1.37. The molecule has 1 aromatic heterocycles. The molecule has 1 atom stereocenters. The number of fused-ring (bicyclic) bond motifs is 1. The van der Waals surface area contributed by atoms with Crippen LogP contribution in [0.5, 0.6) is 0 Å². The molecule has 136 valence electrons. The molecular weight excluding hydrogens is 372 g/mol.